The molecule has 0 atom stereocenters. The largest absolute Gasteiger partial charge is 0.453 e. The lowest BCUT2D eigenvalue weighted by molar-refractivity contribution is 0.473. The molecule has 1 N–H and O–H groups in total. The summed E-state index contributed by atoms with van der Waals surface area (Å²) < 4.78 is 41.6. The van der Waals surface area contributed by atoms with Crippen LogP contribution in [0.5, 0.6) is 11.5 Å². The molecule has 0 spiro atoms. The summed E-state index contributed by atoms with van der Waals surface area (Å²) in [6.45, 7) is 3.38. The van der Waals surface area contributed by atoms with Crippen molar-refractivity contribution in [2.75, 3.05) is 4.90 Å². The van der Waals surface area contributed by atoms with Crippen molar-refractivity contribution in [3.05, 3.63) is 89.5 Å². The molecule has 0 amide bonds. The zero-order valence-electron chi connectivity index (χ0n) is 16.4. The summed E-state index contributed by atoms with van der Waals surface area (Å²) in [5.74, 6) is 1.31. The number of allylic oxidation sites excluding steroid dienone is 3. The van der Waals surface area contributed by atoms with E-state index >= 15 is 0 Å². The Bertz CT molecular complexity index is 1220. The molecule has 8 heteroatoms. The third-order valence-corrected chi connectivity index (χ3v) is 5.68. The minimum Gasteiger partial charge on any atom is -0.453 e. The number of aromatic nitrogens is 2. The van der Waals surface area contributed by atoms with Crippen LogP contribution in [0.25, 0.3) is 5.57 Å². The van der Waals surface area contributed by atoms with Gasteiger partial charge in [0.25, 0.3) is 0 Å². The number of nitrogens with zero attached hydrogens (tertiary/aromatic N) is 3. The fraction of sp³-hybridized carbons (Fsp3) is 0.0909. The van der Waals surface area contributed by atoms with E-state index in [1.54, 1.807) is 86.9 Å². The fourth-order valence-electron chi connectivity index (χ4n) is 3.47. The van der Waals surface area contributed by atoms with Gasteiger partial charge in [-0.2, -0.15) is 8.42 Å². The van der Waals surface area contributed by atoms with Crippen molar-refractivity contribution in [3.63, 3.8) is 0 Å². The van der Waals surface area contributed by atoms with Crippen LogP contribution in [0.15, 0.2) is 83.7 Å². The van der Waals surface area contributed by atoms with Crippen LogP contribution in [-0.4, -0.2) is 22.9 Å². The van der Waals surface area contributed by atoms with Gasteiger partial charge in [-0.05, 0) is 49.8 Å². The average molecular weight is 421 g/mol. The van der Waals surface area contributed by atoms with Gasteiger partial charge in [0.1, 0.15) is 0 Å². The highest BCUT2D eigenvalue weighted by Crippen LogP contribution is 2.49. The summed E-state index contributed by atoms with van der Waals surface area (Å²) >= 11 is 0. The number of fused-ring (bicyclic) bond motifs is 2. The highest BCUT2D eigenvalue weighted by atomic mass is 32.2. The molecule has 7 nitrogen and oxygen atoms in total. The van der Waals surface area contributed by atoms with Crippen LogP contribution in [0, 0.1) is 0 Å². The van der Waals surface area contributed by atoms with Crippen LogP contribution >= 0.6 is 0 Å². The minimum atomic E-state index is -4.66. The van der Waals surface area contributed by atoms with E-state index in [-0.39, 0.29) is 5.03 Å². The summed E-state index contributed by atoms with van der Waals surface area (Å²) in [6, 6.07) is 15.8. The lowest BCUT2D eigenvalue weighted by Crippen LogP contribution is -2.27. The molecule has 1 aliphatic rings. The third-order valence-electron chi connectivity index (χ3n) is 4.70. The van der Waals surface area contributed by atoms with Crippen LogP contribution in [0.2, 0.25) is 0 Å². The topological polar surface area (TPSA) is 92.6 Å². The Hall–Kier alpha value is -3.49. The Morgan fingerprint density at radius 3 is 2.00 bits per heavy atom. The number of para-hydroxylation sites is 4. The van der Waals surface area contributed by atoms with E-state index in [0.717, 1.165) is 0 Å². The smallest absolute Gasteiger partial charge is 0.310 e. The normalized spacial score (nSPS) is 14.4. The van der Waals surface area contributed by atoms with Gasteiger partial charge < -0.3 is 4.74 Å². The molecule has 0 bridgehead atoms. The highest BCUT2D eigenvalue weighted by molar-refractivity contribution is 7.90. The van der Waals surface area contributed by atoms with Gasteiger partial charge in [0.2, 0.25) is 0 Å². The molecule has 0 saturated heterocycles. The fourth-order valence-corrected chi connectivity index (χ4v) is 4.39. The maximum atomic E-state index is 12.7. The van der Waals surface area contributed by atoms with Crippen molar-refractivity contribution in [3.8, 4) is 11.5 Å². The first-order valence-electron chi connectivity index (χ1n) is 9.20. The number of hydrogen-bond donors (Lipinski definition) is 1. The highest BCUT2D eigenvalue weighted by Gasteiger charge is 2.34. The summed E-state index contributed by atoms with van der Waals surface area (Å²) in [7, 11) is -4.66. The molecule has 0 unspecified atom stereocenters. The Balaban J connectivity index is 2.03. The van der Waals surface area contributed by atoms with Crippen molar-refractivity contribution >= 4 is 27.1 Å². The van der Waals surface area contributed by atoms with Gasteiger partial charge in [0, 0.05) is 18.0 Å². The second-order valence-corrected chi connectivity index (χ2v) is 7.89. The van der Waals surface area contributed by atoms with Gasteiger partial charge in [-0.3, -0.25) is 9.45 Å². The van der Waals surface area contributed by atoms with Crippen molar-refractivity contribution in [2.24, 2.45) is 0 Å². The number of anilines is 2. The Kier molecular flexibility index (Phi) is 5.11. The lowest BCUT2D eigenvalue weighted by Gasteiger charge is -2.34. The van der Waals surface area contributed by atoms with Gasteiger partial charge >= 0.3 is 10.1 Å². The van der Waals surface area contributed by atoms with Gasteiger partial charge in [0.15, 0.2) is 22.4 Å². The number of hydrogen-bond acceptors (Lipinski definition) is 6. The zero-order chi connectivity index (χ0) is 21.3. The summed E-state index contributed by atoms with van der Waals surface area (Å²) in [6.07, 6.45) is 4.87. The summed E-state index contributed by atoms with van der Waals surface area (Å²) in [5, 5.41) is -0.286. The summed E-state index contributed by atoms with van der Waals surface area (Å²) in [4.78, 5) is 9.96. The second-order valence-electron chi connectivity index (χ2n) is 6.55. The van der Waals surface area contributed by atoms with E-state index in [2.05, 4.69) is 9.97 Å². The molecule has 0 radical (unpaired) electrons. The minimum absolute atomic E-state index is 0.286. The summed E-state index contributed by atoms with van der Waals surface area (Å²) in [5.41, 5.74) is 1.78. The second kappa shape index (κ2) is 7.74. The van der Waals surface area contributed by atoms with Crippen LogP contribution in [0.1, 0.15) is 19.7 Å². The first-order valence-corrected chi connectivity index (χ1v) is 10.6. The van der Waals surface area contributed by atoms with E-state index in [1.165, 1.54) is 4.90 Å². The van der Waals surface area contributed by atoms with Gasteiger partial charge in [0.05, 0.1) is 11.4 Å². The van der Waals surface area contributed by atoms with E-state index in [0.29, 0.717) is 39.8 Å². The molecular weight excluding hydrogens is 402 g/mol. The third kappa shape index (κ3) is 3.47. The Labute approximate surface area is 174 Å². The molecule has 0 fully saturated rings. The molecule has 2 aromatic carbocycles. The molecule has 30 heavy (non-hydrogen) atoms. The van der Waals surface area contributed by atoms with E-state index < -0.39 is 10.1 Å². The van der Waals surface area contributed by atoms with Crippen LogP contribution in [0.3, 0.4) is 0 Å². The molecule has 3 aromatic rings. The molecule has 4 rings (SSSR count). The van der Waals surface area contributed by atoms with Gasteiger partial charge in [-0.1, -0.05) is 30.3 Å². The molecular formula is C22H19N3O4S. The van der Waals surface area contributed by atoms with E-state index in [9.17, 15) is 13.0 Å². The lowest BCUT2D eigenvalue weighted by atomic mass is 10.1. The van der Waals surface area contributed by atoms with Crippen LogP contribution in [0.4, 0.5) is 11.4 Å². The predicted molar refractivity (Wildman–Crippen MR) is 115 cm³/mol. The number of rotatable bonds is 4. The number of benzene rings is 2. The average Bonchev–Trinajstić information content (AvgIpc) is 2.74. The predicted octanol–water partition coefficient (Wildman–Crippen LogP) is 4.94. The quantitative estimate of drug-likeness (QED) is 0.471. The van der Waals surface area contributed by atoms with E-state index in [4.69, 9.17) is 4.74 Å². The number of ether oxygens (including phenoxy) is 1. The van der Waals surface area contributed by atoms with Gasteiger partial charge in [-0.25, -0.2) is 9.97 Å². The van der Waals surface area contributed by atoms with Crippen LogP contribution < -0.4 is 9.64 Å². The standard InChI is InChI=1S/C22H19N3O4S/c1-3-16(21-23-13-8-14-24-21)15(2)22(30(26,27)28)25-17-9-4-6-11-19(17)29-20-12-7-5-10-18(20)25/h3-14H,1-2H3,(H,26,27,28). The Morgan fingerprint density at radius 2 is 1.50 bits per heavy atom. The maximum absolute atomic E-state index is 12.7. The SMILES string of the molecule is CC=C(C(C)=C(N1c2ccccc2Oc2ccccc21)S(=O)(=O)O)c1ncccn1. The van der Waals surface area contributed by atoms with Crippen molar-refractivity contribution in [1.29, 1.82) is 0 Å². The van der Waals surface area contributed by atoms with Crippen molar-refractivity contribution in [2.45, 2.75) is 13.8 Å². The molecule has 2 heterocycles. The van der Waals surface area contributed by atoms with Crippen molar-refractivity contribution in [1.82, 2.24) is 9.97 Å². The van der Waals surface area contributed by atoms with Crippen molar-refractivity contribution < 1.29 is 17.7 Å². The van der Waals surface area contributed by atoms with Crippen LogP contribution in [-0.2, 0) is 10.1 Å². The molecule has 1 aromatic heterocycles. The molecule has 152 valence electrons. The first kappa shape index (κ1) is 19.8. The molecule has 0 saturated carbocycles. The first-order chi connectivity index (χ1) is 14.4. The molecule has 0 aliphatic carbocycles. The molecule has 1 aliphatic heterocycles. The van der Waals surface area contributed by atoms with E-state index in [1.807, 2.05) is 0 Å². The maximum Gasteiger partial charge on any atom is 0.310 e. The zero-order valence-corrected chi connectivity index (χ0v) is 17.2. The van der Waals surface area contributed by atoms with Gasteiger partial charge in [-0.15, -0.1) is 0 Å². The monoisotopic (exact) mass is 421 g/mol. The Morgan fingerprint density at radius 1 is 0.967 bits per heavy atom.